The second-order valence-corrected chi connectivity index (χ2v) is 6.99. The number of halogens is 1. The Morgan fingerprint density at radius 1 is 1.28 bits per heavy atom. The number of carbonyl (C=O) groups excluding carboxylic acids is 2. The van der Waals surface area contributed by atoms with E-state index in [1.54, 1.807) is 18.2 Å². The normalized spacial score (nSPS) is 15.9. The van der Waals surface area contributed by atoms with E-state index < -0.39 is 11.8 Å². The number of hydrogen-bond donors (Lipinski definition) is 2. The molecule has 2 rings (SSSR count). The van der Waals surface area contributed by atoms with Crippen LogP contribution in [0, 0.1) is 5.92 Å². The van der Waals surface area contributed by atoms with Gasteiger partial charge in [-0.05, 0) is 63.9 Å². The molecule has 0 radical (unpaired) electrons. The zero-order valence-electron chi connectivity index (χ0n) is 15.0. The quantitative estimate of drug-likeness (QED) is 0.784. The maximum absolute atomic E-state index is 12.0. The third kappa shape index (κ3) is 5.61. The van der Waals surface area contributed by atoms with E-state index in [9.17, 15) is 9.59 Å². The van der Waals surface area contributed by atoms with Crippen LogP contribution in [-0.4, -0.2) is 49.5 Å². The number of anilines is 1. The fraction of sp³-hybridized carbons (Fsp3) is 0.556. The molecule has 0 bridgehead atoms. The second-order valence-electron chi connectivity index (χ2n) is 6.59. The van der Waals surface area contributed by atoms with E-state index in [2.05, 4.69) is 29.4 Å². The zero-order chi connectivity index (χ0) is 18.4. The smallest absolute Gasteiger partial charge is 0.313 e. The highest BCUT2D eigenvalue weighted by Gasteiger charge is 2.22. The molecule has 1 heterocycles. The molecule has 1 aromatic rings. The van der Waals surface area contributed by atoms with Crippen LogP contribution >= 0.6 is 11.6 Å². The number of likely N-dealkylation sites (tertiary alicyclic amines) is 1. The van der Waals surface area contributed by atoms with Crippen LogP contribution in [0.1, 0.15) is 26.7 Å². The van der Waals surface area contributed by atoms with Gasteiger partial charge in [0.05, 0.1) is 12.1 Å². The topological polar surface area (TPSA) is 70.7 Å². The number of benzene rings is 1. The van der Waals surface area contributed by atoms with E-state index in [0.29, 0.717) is 35.0 Å². The van der Waals surface area contributed by atoms with Crippen molar-refractivity contribution in [3.05, 3.63) is 23.2 Å². The second kappa shape index (κ2) is 9.06. The molecule has 6 nitrogen and oxygen atoms in total. The SMILES string of the molecule is COc1ccc(NC(=O)C(=O)NCC2CCN(C(C)C)CC2)cc1Cl. The van der Waals surface area contributed by atoms with Gasteiger partial charge < -0.3 is 20.3 Å². The van der Waals surface area contributed by atoms with Gasteiger partial charge in [0.1, 0.15) is 5.75 Å². The fourth-order valence-electron chi connectivity index (χ4n) is 2.92. The van der Waals surface area contributed by atoms with Crippen molar-refractivity contribution in [2.45, 2.75) is 32.7 Å². The molecule has 2 N–H and O–H groups in total. The van der Waals surface area contributed by atoms with Gasteiger partial charge in [0.15, 0.2) is 0 Å². The molecular formula is C18H26ClN3O3. The number of nitrogens with one attached hydrogen (secondary N) is 2. The van der Waals surface area contributed by atoms with E-state index in [-0.39, 0.29) is 0 Å². The summed E-state index contributed by atoms with van der Waals surface area (Å²) in [4.78, 5) is 26.4. The Morgan fingerprint density at radius 2 is 1.96 bits per heavy atom. The maximum Gasteiger partial charge on any atom is 0.313 e. The lowest BCUT2D eigenvalue weighted by molar-refractivity contribution is -0.136. The third-order valence-corrected chi connectivity index (χ3v) is 4.84. The summed E-state index contributed by atoms with van der Waals surface area (Å²) in [5.74, 6) is -0.391. The number of carbonyl (C=O) groups is 2. The largest absolute Gasteiger partial charge is 0.495 e. The van der Waals surface area contributed by atoms with Gasteiger partial charge in [-0.3, -0.25) is 9.59 Å². The summed E-state index contributed by atoms with van der Waals surface area (Å²) < 4.78 is 5.05. The predicted octanol–water partition coefficient (Wildman–Crippen LogP) is 2.52. The number of hydrogen-bond acceptors (Lipinski definition) is 4. The number of nitrogens with zero attached hydrogens (tertiary/aromatic N) is 1. The van der Waals surface area contributed by atoms with Crippen LogP contribution in [0.15, 0.2) is 18.2 Å². The minimum Gasteiger partial charge on any atom is -0.495 e. The van der Waals surface area contributed by atoms with Crippen LogP contribution in [0.5, 0.6) is 5.75 Å². The van der Waals surface area contributed by atoms with Crippen molar-refractivity contribution in [2.75, 3.05) is 32.1 Å². The molecule has 1 aliphatic heterocycles. The molecule has 0 unspecified atom stereocenters. The summed E-state index contributed by atoms with van der Waals surface area (Å²) in [6.07, 6.45) is 2.07. The maximum atomic E-state index is 12.0. The Bertz CT molecular complexity index is 614. The fourth-order valence-corrected chi connectivity index (χ4v) is 3.18. The van der Waals surface area contributed by atoms with Gasteiger partial charge in [0, 0.05) is 18.3 Å². The molecule has 0 aromatic heterocycles. The Kier molecular flexibility index (Phi) is 7.08. The van der Waals surface area contributed by atoms with Crippen LogP contribution in [0.3, 0.4) is 0 Å². The van der Waals surface area contributed by atoms with E-state index in [1.807, 2.05) is 0 Å². The van der Waals surface area contributed by atoms with Crippen molar-refractivity contribution in [2.24, 2.45) is 5.92 Å². The molecule has 0 spiro atoms. The van der Waals surface area contributed by atoms with Gasteiger partial charge in [0.2, 0.25) is 0 Å². The molecule has 138 valence electrons. The first-order chi connectivity index (χ1) is 11.9. The monoisotopic (exact) mass is 367 g/mol. The zero-order valence-corrected chi connectivity index (χ0v) is 15.7. The van der Waals surface area contributed by atoms with Crippen LogP contribution in [0.2, 0.25) is 5.02 Å². The highest BCUT2D eigenvalue weighted by Crippen LogP contribution is 2.27. The van der Waals surface area contributed by atoms with Crippen molar-refractivity contribution in [1.29, 1.82) is 0 Å². The molecule has 1 saturated heterocycles. The summed E-state index contributed by atoms with van der Waals surface area (Å²) in [6, 6.07) is 5.38. The molecule has 1 aliphatic rings. The van der Waals surface area contributed by atoms with Gasteiger partial charge in [-0.1, -0.05) is 11.6 Å². The summed E-state index contributed by atoms with van der Waals surface area (Å²) >= 11 is 6.01. The van der Waals surface area contributed by atoms with Gasteiger partial charge in [0.25, 0.3) is 0 Å². The van der Waals surface area contributed by atoms with Crippen molar-refractivity contribution >= 4 is 29.1 Å². The van der Waals surface area contributed by atoms with Crippen LogP contribution in [0.25, 0.3) is 0 Å². The summed E-state index contributed by atoms with van der Waals surface area (Å²) in [5.41, 5.74) is 0.455. The number of rotatable bonds is 5. The Balaban J connectivity index is 1.77. The highest BCUT2D eigenvalue weighted by molar-refractivity contribution is 6.40. The van der Waals surface area contributed by atoms with Gasteiger partial charge >= 0.3 is 11.8 Å². The molecule has 25 heavy (non-hydrogen) atoms. The average Bonchev–Trinajstić information content (AvgIpc) is 2.60. The van der Waals surface area contributed by atoms with Gasteiger partial charge in [-0.25, -0.2) is 0 Å². The van der Waals surface area contributed by atoms with E-state index >= 15 is 0 Å². The molecule has 0 atom stereocenters. The molecule has 0 saturated carbocycles. The van der Waals surface area contributed by atoms with E-state index in [4.69, 9.17) is 16.3 Å². The first kappa shape index (κ1) is 19.5. The van der Waals surface area contributed by atoms with Crippen LogP contribution in [0.4, 0.5) is 5.69 Å². The van der Waals surface area contributed by atoms with E-state index in [0.717, 1.165) is 25.9 Å². The van der Waals surface area contributed by atoms with Crippen molar-refractivity contribution in [3.63, 3.8) is 0 Å². The first-order valence-corrected chi connectivity index (χ1v) is 8.95. The summed E-state index contributed by atoms with van der Waals surface area (Å²) in [5, 5.41) is 5.64. The van der Waals surface area contributed by atoms with Gasteiger partial charge in [-0.2, -0.15) is 0 Å². The Hall–Kier alpha value is -1.79. The lowest BCUT2D eigenvalue weighted by Gasteiger charge is -2.34. The minimum atomic E-state index is -0.694. The predicted molar refractivity (Wildman–Crippen MR) is 99.1 cm³/mol. The molecule has 2 amide bonds. The molecule has 7 heteroatoms. The standard InChI is InChI=1S/C18H26ClN3O3/c1-12(2)22-8-6-13(7-9-22)11-20-17(23)18(24)21-14-4-5-16(25-3)15(19)10-14/h4-5,10,12-13H,6-9,11H2,1-3H3,(H,20,23)(H,21,24). The Labute approximate surface area is 153 Å². The summed E-state index contributed by atoms with van der Waals surface area (Å²) in [7, 11) is 1.51. The van der Waals surface area contributed by atoms with E-state index in [1.165, 1.54) is 7.11 Å². The van der Waals surface area contributed by atoms with Crippen molar-refractivity contribution in [3.8, 4) is 5.75 Å². The molecule has 0 aliphatic carbocycles. The Morgan fingerprint density at radius 3 is 2.52 bits per heavy atom. The molecule has 1 aromatic carbocycles. The van der Waals surface area contributed by atoms with Crippen LogP contribution < -0.4 is 15.4 Å². The first-order valence-electron chi connectivity index (χ1n) is 8.57. The van der Waals surface area contributed by atoms with Crippen molar-refractivity contribution < 1.29 is 14.3 Å². The molecule has 1 fully saturated rings. The number of ether oxygens (including phenoxy) is 1. The van der Waals surface area contributed by atoms with Crippen LogP contribution in [-0.2, 0) is 9.59 Å². The third-order valence-electron chi connectivity index (χ3n) is 4.55. The minimum absolute atomic E-state index is 0.373. The summed E-state index contributed by atoms with van der Waals surface area (Å²) in [6.45, 7) is 6.99. The lowest BCUT2D eigenvalue weighted by Crippen LogP contribution is -2.43. The average molecular weight is 368 g/mol. The lowest BCUT2D eigenvalue weighted by atomic mass is 9.96. The van der Waals surface area contributed by atoms with Gasteiger partial charge in [-0.15, -0.1) is 0 Å². The number of methoxy groups -OCH3 is 1. The number of piperidine rings is 1. The van der Waals surface area contributed by atoms with Crippen molar-refractivity contribution in [1.82, 2.24) is 10.2 Å². The number of amides is 2. The highest BCUT2D eigenvalue weighted by atomic mass is 35.5. The molecular weight excluding hydrogens is 342 g/mol.